The van der Waals surface area contributed by atoms with E-state index in [-0.39, 0.29) is 12.0 Å². The van der Waals surface area contributed by atoms with Crippen molar-refractivity contribution in [3.63, 3.8) is 0 Å². The molecule has 2 nitrogen and oxygen atoms in total. The maximum Gasteiger partial charge on any atom is 0.216 e. The Hall–Kier alpha value is 0.880. The molecule has 1 saturated heterocycles. The van der Waals surface area contributed by atoms with Crippen molar-refractivity contribution < 1.29 is 5.11 Å². The molecule has 0 bridgehead atoms. The summed E-state index contributed by atoms with van der Waals surface area (Å²) >= 11 is 36.3. The van der Waals surface area contributed by atoms with Gasteiger partial charge in [-0.3, -0.25) is 0 Å². The molecule has 1 aromatic rings. The molecule has 23 heavy (non-hydrogen) atoms. The first kappa shape index (κ1) is 20.2. The summed E-state index contributed by atoms with van der Waals surface area (Å²) < 4.78 is -3.40. The van der Waals surface area contributed by atoms with Gasteiger partial charge in [-0.15, -0.1) is 0 Å². The van der Waals surface area contributed by atoms with Crippen LogP contribution in [-0.2, 0) is 13.0 Å². The second-order valence-electron chi connectivity index (χ2n) is 5.79. The number of halogens is 6. The number of hydrogen-bond acceptors (Lipinski definition) is 2. The molecular weight excluding hydrogens is 423 g/mol. The molecule has 0 saturated carbocycles. The Bertz CT molecular complexity index is 540. The second-order valence-corrected chi connectivity index (χ2v) is 10.4. The maximum atomic E-state index is 9.49. The fourth-order valence-corrected chi connectivity index (χ4v) is 4.11. The fourth-order valence-electron chi connectivity index (χ4n) is 3.14. The summed E-state index contributed by atoms with van der Waals surface area (Å²) in [4.78, 5) is 0. The van der Waals surface area contributed by atoms with Gasteiger partial charge in [0, 0.05) is 29.7 Å². The van der Waals surface area contributed by atoms with Gasteiger partial charge in [-0.25, -0.2) is 0 Å². The van der Waals surface area contributed by atoms with Crippen LogP contribution in [0.4, 0.5) is 0 Å². The predicted octanol–water partition coefficient (Wildman–Crippen LogP) is 5.34. The zero-order chi connectivity index (χ0) is 17.3. The molecule has 1 unspecified atom stereocenters. The molecule has 0 radical (unpaired) electrons. The van der Waals surface area contributed by atoms with Crippen LogP contribution >= 0.6 is 69.6 Å². The smallest absolute Gasteiger partial charge is 0.216 e. The lowest BCUT2D eigenvalue weighted by Gasteiger charge is -2.39. The van der Waals surface area contributed by atoms with Crippen molar-refractivity contribution in [1.29, 1.82) is 0 Å². The highest BCUT2D eigenvalue weighted by molar-refractivity contribution is 6.69. The highest BCUT2D eigenvalue weighted by Crippen LogP contribution is 2.49. The summed E-state index contributed by atoms with van der Waals surface area (Å²) in [6, 6.07) is 5.36. The van der Waals surface area contributed by atoms with Gasteiger partial charge in [-0.1, -0.05) is 87.8 Å². The van der Waals surface area contributed by atoms with Crippen LogP contribution in [0.25, 0.3) is 0 Å². The summed E-state index contributed by atoms with van der Waals surface area (Å²) in [7, 11) is 0. The van der Waals surface area contributed by atoms with Gasteiger partial charge in [-0.2, -0.15) is 0 Å². The third kappa shape index (κ3) is 4.74. The van der Waals surface area contributed by atoms with E-state index in [4.69, 9.17) is 69.6 Å². The van der Waals surface area contributed by atoms with Crippen LogP contribution in [0.3, 0.4) is 0 Å². The molecule has 1 heterocycles. The molecular formula is C15H17Cl6NO. The highest BCUT2D eigenvalue weighted by Gasteiger charge is 2.38. The minimum absolute atomic E-state index is 0.0803. The molecule has 1 aromatic carbocycles. The van der Waals surface area contributed by atoms with Crippen molar-refractivity contribution in [2.45, 2.75) is 32.3 Å². The topological polar surface area (TPSA) is 32.3 Å². The molecule has 2 N–H and O–H groups in total. The molecule has 8 heteroatoms. The van der Waals surface area contributed by atoms with E-state index in [0.717, 1.165) is 31.5 Å². The molecule has 0 amide bonds. The van der Waals surface area contributed by atoms with Crippen molar-refractivity contribution in [3.8, 4) is 0 Å². The summed E-state index contributed by atoms with van der Waals surface area (Å²) in [5, 5.41) is 12.9. The highest BCUT2D eigenvalue weighted by atomic mass is 35.6. The first-order valence-electron chi connectivity index (χ1n) is 7.21. The third-order valence-corrected chi connectivity index (χ3v) is 5.53. The van der Waals surface area contributed by atoms with Crippen molar-refractivity contribution in [3.05, 3.63) is 34.9 Å². The summed E-state index contributed by atoms with van der Waals surface area (Å²) in [5.74, 6) is 0. The molecule has 0 aromatic heterocycles. The maximum absolute atomic E-state index is 9.49. The molecule has 2 rings (SSSR count). The van der Waals surface area contributed by atoms with Crippen LogP contribution in [-0.4, -0.2) is 24.8 Å². The second kappa shape index (κ2) is 7.63. The van der Waals surface area contributed by atoms with Crippen molar-refractivity contribution >= 4 is 69.6 Å². The Kier molecular flexibility index (Phi) is 6.70. The zero-order valence-corrected chi connectivity index (χ0v) is 16.7. The Labute approximate surface area is 166 Å². The Balaban J connectivity index is 2.55. The Morgan fingerprint density at radius 3 is 2.17 bits per heavy atom. The number of alkyl halides is 6. The summed E-state index contributed by atoms with van der Waals surface area (Å²) in [6.45, 7) is 1.79. The van der Waals surface area contributed by atoms with Crippen LogP contribution in [0.5, 0.6) is 0 Å². The van der Waals surface area contributed by atoms with Gasteiger partial charge in [0.15, 0.2) is 0 Å². The Morgan fingerprint density at radius 2 is 1.70 bits per heavy atom. The van der Waals surface area contributed by atoms with E-state index in [1.807, 2.05) is 6.07 Å². The molecule has 1 fully saturated rings. The minimum atomic E-state index is -1.71. The molecule has 0 spiro atoms. The van der Waals surface area contributed by atoms with Crippen molar-refractivity contribution in [2.24, 2.45) is 0 Å². The van der Waals surface area contributed by atoms with Crippen LogP contribution in [0.15, 0.2) is 18.2 Å². The van der Waals surface area contributed by atoms with E-state index in [1.54, 1.807) is 12.1 Å². The van der Waals surface area contributed by atoms with Crippen LogP contribution < -0.4 is 5.32 Å². The van der Waals surface area contributed by atoms with Gasteiger partial charge >= 0.3 is 0 Å². The quantitative estimate of drug-likeness (QED) is 0.622. The number of aliphatic hydroxyl groups excluding tert-OH is 1. The van der Waals surface area contributed by atoms with Gasteiger partial charge in [0.2, 0.25) is 7.59 Å². The average Bonchev–Trinajstić information content (AvgIpc) is 2.46. The molecule has 130 valence electrons. The fraction of sp³-hybridized carbons (Fsp3) is 0.600. The number of aliphatic hydroxyl groups is 1. The first-order chi connectivity index (χ1) is 10.6. The predicted molar refractivity (Wildman–Crippen MR) is 100 cm³/mol. The molecule has 0 aliphatic carbocycles. The van der Waals surface area contributed by atoms with Gasteiger partial charge in [0.25, 0.3) is 0 Å². The zero-order valence-electron chi connectivity index (χ0n) is 12.2. The molecule has 1 atom stereocenters. The lowest BCUT2D eigenvalue weighted by Crippen LogP contribution is -2.44. The minimum Gasteiger partial charge on any atom is -0.396 e. The van der Waals surface area contributed by atoms with Crippen molar-refractivity contribution in [2.75, 3.05) is 19.7 Å². The number of hydrogen-bond donors (Lipinski definition) is 2. The average molecular weight is 440 g/mol. The van der Waals surface area contributed by atoms with E-state index in [1.165, 1.54) is 0 Å². The molecule has 1 aliphatic rings. The van der Waals surface area contributed by atoms with E-state index in [0.29, 0.717) is 17.5 Å². The number of benzene rings is 1. The van der Waals surface area contributed by atoms with E-state index in [9.17, 15) is 5.11 Å². The monoisotopic (exact) mass is 437 g/mol. The van der Waals surface area contributed by atoms with Crippen LogP contribution in [0.1, 0.15) is 36.0 Å². The molecule has 1 aliphatic heterocycles. The van der Waals surface area contributed by atoms with Crippen LogP contribution in [0.2, 0.25) is 0 Å². The summed E-state index contributed by atoms with van der Waals surface area (Å²) in [6.07, 6.45) is 2.56. The van der Waals surface area contributed by atoms with Crippen molar-refractivity contribution in [1.82, 2.24) is 5.32 Å². The van der Waals surface area contributed by atoms with Gasteiger partial charge < -0.3 is 10.4 Å². The lowest BCUT2D eigenvalue weighted by molar-refractivity contribution is 0.207. The van der Waals surface area contributed by atoms with E-state index in [2.05, 4.69) is 5.32 Å². The third-order valence-electron chi connectivity index (χ3n) is 4.31. The SMILES string of the molecule is OCCC1(c2ccc(C(Cl)(Cl)Cl)c(C(Cl)(Cl)Cl)c2)CCCNC1. The van der Waals surface area contributed by atoms with Gasteiger partial charge in [-0.05, 0) is 31.4 Å². The normalized spacial score (nSPS) is 23.1. The lowest BCUT2D eigenvalue weighted by atomic mass is 9.72. The largest absolute Gasteiger partial charge is 0.396 e. The van der Waals surface area contributed by atoms with Crippen LogP contribution in [0, 0.1) is 0 Å². The number of piperidine rings is 1. The van der Waals surface area contributed by atoms with E-state index < -0.39 is 7.59 Å². The number of rotatable bonds is 3. The van der Waals surface area contributed by atoms with E-state index >= 15 is 0 Å². The Morgan fingerprint density at radius 1 is 1.04 bits per heavy atom. The first-order valence-corrected chi connectivity index (χ1v) is 9.47. The van der Waals surface area contributed by atoms with Gasteiger partial charge in [0.1, 0.15) is 0 Å². The standard InChI is InChI=1S/C15H17Cl6NO/c16-14(17,18)11-3-2-10(8-12(11)15(19,20)21)13(5-7-23)4-1-6-22-9-13/h2-3,8,22-23H,1,4-7,9H2. The number of nitrogens with one attached hydrogen (secondary N) is 1. The van der Waals surface area contributed by atoms with Gasteiger partial charge in [0.05, 0.1) is 0 Å². The summed E-state index contributed by atoms with van der Waals surface area (Å²) in [5.41, 5.74) is 1.44.